The second-order valence-corrected chi connectivity index (χ2v) is 8.38. The number of hydrogen-bond acceptors (Lipinski definition) is 7. The number of benzene rings is 1. The van der Waals surface area contributed by atoms with Crippen LogP contribution in [0.15, 0.2) is 34.8 Å². The average Bonchev–Trinajstić information content (AvgIpc) is 3.27. The lowest BCUT2D eigenvalue weighted by molar-refractivity contribution is -0.115. The highest BCUT2D eigenvalue weighted by molar-refractivity contribution is 8.00. The summed E-state index contributed by atoms with van der Waals surface area (Å²) in [7, 11) is 1.65. The molecule has 0 saturated carbocycles. The summed E-state index contributed by atoms with van der Waals surface area (Å²) in [6.45, 7) is 6.55. The number of amides is 1. The number of nitrogens with zero attached hydrogens (tertiary/aromatic N) is 4. The zero-order valence-electron chi connectivity index (χ0n) is 16.3. The van der Waals surface area contributed by atoms with Gasteiger partial charge in [0, 0.05) is 18.3 Å². The average molecular weight is 418 g/mol. The van der Waals surface area contributed by atoms with Crippen molar-refractivity contribution in [1.29, 1.82) is 0 Å². The highest BCUT2D eigenvalue weighted by Gasteiger charge is 2.20. The Hall–Kier alpha value is -2.39. The first-order valence-corrected chi connectivity index (χ1v) is 10.7. The van der Waals surface area contributed by atoms with Crippen LogP contribution in [0.4, 0.5) is 5.13 Å². The van der Waals surface area contributed by atoms with Crippen molar-refractivity contribution >= 4 is 34.1 Å². The van der Waals surface area contributed by atoms with Gasteiger partial charge in [-0.15, -0.1) is 21.5 Å². The summed E-state index contributed by atoms with van der Waals surface area (Å²) < 4.78 is 7.25. The number of methoxy groups -OCH3 is 1. The molecule has 0 spiro atoms. The standard InChI is InChI=1S/C19H23N5O2S2/c1-5-24-16(10-14-6-8-15(26-4)9-7-14)22-23-19(24)28-13(3)17(25)21-18-20-12(2)11-27-18/h6-9,11,13H,5,10H2,1-4H3,(H,20,21,25). The van der Waals surface area contributed by atoms with Crippen LogP contribution >= 0.6 is 23.1 Å². The van der Waals surface area contributed by atoms with Gasteiger partial charge in [-0.2, -0.15) is 0 Å². The van der Waals surface area contributed by atoms with Crippen molar-refractivity contribution in [1.82, 2.24) is 19.7 Å². The Morgan fingerprint density at radius 1 is 1.32 bits per heavy atom. The van der Waals surface area contributed by atoms with Gasteiger partial charge in [0.1, 0.15) is 11.6 Å². The number of aryl methyl sites for hydroxylation is 1. The molecule has 1 aromatic carbocycles. The highest BCUT2D eigenvalue weighted by atomic mass is 32.2. The fourth-order valence-corrected chi connectivity index (χ4v) is 4.23. The lowest BCUT2D eigenvalue weighted by atomic mass is 10.1. The van der Waals surface area contributed by atoms with E-state index in [1.807, 2.05) is 55.0 Å². The Kier molecular flexibility index (Phi) is 6.69. The van der Waals surface area contributed by atoms with Gasteiger partial charge in [-0.05, 0) is 38.5 Å². The van der Waals surface area contributed by atoms with Crippen LogP contribution in [0.5, 0.6) is 5.75 Å². The summed E-state index contributed by atoms with van der Waals surface area (Å²) in [5.74, 6) is 1.60. The van der Waals surface area contributed by atoms with Gasteiger partial charge in [-0.25, -0.2) is 4.98 Å². The molecule has 7 nitrogen and oxygen atoms in total. The minimum atomic E-state index is -0.312. The fourth-order valence-electron chi connectivity index (χ4n) is 2.61. The Morgan fingerprint density at radius 2 is 2.07 bits per heavy atom. The molecule has 3 aromatic rings. The molecule has 0 bridgehead atoms. The van der Waals surface area contributed by atoms with E-state index in [1.54, 1.807) is 7.11 Å². The summed E-state index contributed by atoms with van der Waals surface area (Å²) in [4.78, 5) is 16.7. The van der Waals surface area contributed by atoms with Crippen molar-refractivity contribution in [2.75, 3.05) is 12.4 Å². The predicted octanol–water partition coefficient (Wildman–Crippen LogP) is 3.78. The molecule has 1 atom stereocenters. The summed E-state index contributed by atoms with van der Waals surface area (Å²) in [6.07, 6.45) is 0.671. The van der Waals surface area contributed by atoms with Gasteiger partial charge in [-0.3, -0.25) is 4.79 Å². The van der Waals surface area contributed by atoms with Crippen LogP contribution < -0.4 is 10.1 Å². The maximum absolute atomic E-state index is 12.4. The number of rotatable bonds is 8. The molecular formula is C19H23N5O2S2. The summed E-state index contributed by atoms with van der Waals surface area (Å²) >= 11 is 2.82. The second-order valence-electron chi connectivity index (χ2n) is 6.21. The van der Waals surface area contributed by atoms with Crippen molar-refractivity contribution in [3.8, 4) is 5.75 Å². The van der Waals surface area contributed by atoms with E-state index < -0.39 is 0 Å². The van der Waals surface area contributed by atoms with Crippen molar-refractivity contribution in [2.45, 2.75) is 44.1 Å². The zero-order chi connectivity index (χ0) is 20.1. The van der Waals surface area contributed by atoms with Crippen LogP contribution in [0.3, 0.4) is 0 Å². The lowest BCUT2D eigenvalue weighted by Crippen LogP contribution is -2.23. The smallest absolute Gasteiger partial charge is 0.239 e. The maximum Gasteiger partial charge on any atom is 0.239 e. The number of aromatic nitrogens is 4. The molecule has 1 amide bonds. The first-order valence-electron chi connectivity index (χ1n) is 8.94. The van der Waals surface area contributed by atoms with E-state index in [0.29, 0.717) is 11.6 Å². The molecule has 0 saturated heterocycles. The normalized spacial score (nSPS) is 12.0. The van der Waals surface area contributed by atoms with Crippen LogP contribution in [0, 0.1) is 6.92 Å². The van der Waals surface area contributed by atoms with Gasteiger partial charge in [0.2, 0.25) is 5.91 Å². The van der Waals surface area contributed by atoms with E-state index in [4.69, 9.17) is 4.74 Å². The molecule has 148 valence electrons. The van der Waals surface area contributed by atoms with E-state index in [1.165, 1.54) is 23.1 Å². The molecule has 0 fully saturated rings. The van der Waals surface area contributed by atoms with Crippen LogP contribution in [-0.2, 0) is 17.8 Å². The largest absolute Gasteiger partial charge is 0.497 e. The van der Waals surface area contributed by atoms with Crippen LogP contribution in [0.2, 0.25) is 0 Å². The number of carbonyl (C=O) groups excluding carboxylic acids is 1. The zero-order valence-corrected chi connectivity index (χ0v) is 17.9. The lowest BCUT2D eigenvalue weighted by Gasteiger charge is -2.12. The topological polar surface area (TPSA) is 81.9 Å². The first kappa shape index (κ1) is 20.3. The van der Waals surface area contributed by atoms with Crippen molar-refractivity contribution in [3.05, 3.63) is 46.7 Å². The molecule has 0 aliphatic carbocycles. The SMILES string of the molecule is CCn1c(Cc2ccc(OC)cc2)nnc1SC(C)C(=O)Nc1nc(C)cs1. The summed E-state index contributed by atoms with van der Waals surface area (Å²) in [5.41, 5.74) is 2.03. The van der Waals surface area contributed by atoms with Crippen molar-refractivity contribution in [2.24, 2.45) is 0 Å². The van der Waals surface area contributed by atoms with E-state index in [2.05, 4.69) is 20.5 Å². The minimum absolute atomic E-state index is 0.0956. The third-order valence-corrected chi connectivity index (χ3v) is 6.09. The summed E-state index contributed by atoms with van der Waals surface area (Å²) in [5, 5.41) is 14.5. The Balaban J connectivity index is 1.67. The Bertz CT molecular complexity index is 936. The third kappa shape index (κ3) is 4.90. The maximum atomic E-state index is 12.4. The van der Waals surface area contributed by atoms with Crippen LogP contribution in [0.25, 0.3) is 0 Å². The second kappa shape index (κ2) is 9.20. The van der Waals surface area contributed by atoms with Crippen molar-refractivity contribution < 1.29 is 9.53 Å². The Morgan fingerprint density at radius 3 is 2.68 bits per heavy atom. The third-order valence-electron chi connectivity index (χ3n) is 4.13. The molecule has 2 aromatic heterocycles. The van der Waals surface area contributed by atoms with Gasteiger partial charge in [0.05, 0.1) is 18.1 Å². The van der Waals surface area contributed by atoms with E-state index >= 15 is 0 Å². The number of carbonyl (C=O) groups is 1. The van der Waals surface area contributed by atoms with E-state index in [9.17, 15) is 4.79 Å². The van der Waals surface area contributed by atoms with E-state index in [0.717, 1.165) is 34.5 Å². The predicted molar refractivity (Wildman–Crippen MR) is 112 cm³/mol. The molecule has 0 aliphatic heterocycles. The molecule has 1 unspecified atom stereocenters. The molecule has 1 N–H and O–H groups in total. The molecule has 2 heterocycles. The monoisotopic (exact) mass is 417 g/mol. The quantitative estimate of drug-likeness (QED) is 0.562. The molecule has 28 heavy (non-hydrogen) atoms. The van der Waals surface area contributed by atoms with Gasteiger partial charge in [0.25, 0.3) is 0 Å². The molecule has 0 aliphatic rings. The molecule has 3 rings (SSSR count). The van der Waals surface area contributed by atoms with Gasteiger partial charge < -0.3 is 14.6 Å². The number of thioether (sulfide) groups is 1. The number of ether oxygens (including phenoxy) is 1. The van der Waals surface area contributed by atoms with Crippen LogP contribution in [0.1, 0.15) is 30.9 Å². The Labute approximate surface area is 172 Å². The minimum Gasteiger partial charge on any atom is -0.497 e. The molecule has 0 radical (unpaired) electrons. The number of thiazole rings is 1. The first-order chi connectivity index (χ1) is 13.5. The van der Waals surface area contributed by atoms with E-state index in [-0.39, 0.29) is 11.2 Å². The summed E-state index contributed by atoms with van der Waals surface area (Å²) in [6, 6.07) is 7.91. The van der Waals surface area contributed by atoms with Gasteiger partial charge in [0.15, 0.2) is 10.3 Å². The van der Waals surface area contributed by atoms with Gasteiger partial charge >= 0.3 is 0 Å². The highest BCUT2D eigenvalue weighted by Crippen LogP contribution is 2.25. The number of anilines is 1. The van der Waals surface area contributed by atoms with Gasteiger partial charge in [-0.1, -0.05) is 23.9 Å². The number of nitrogens with one attached hydrogen (secondary N) is 1. The molecular weight excluding hydrogens is 394 g/mol. The van der Waals surface area contributed by atoms with Crippen molar-refractivity contribution in [3.63, 3.8) is 0 Å². The number of hydrogen-bond donors (Lipinski definition) is 1. The van der Waals surface area contributed by atoms with Crippen LogP contribution in [-0.4, -0.2) is 38.0 Å². The molecule has 9 heteroatoms. The fraction of sp³-hybridized carbons (Fsp3) is 0.368.